The van der Waals surface area contributed by atoms with Gasteiger partial charge in [0.2, 0.25) is 0 Å². The Morgan fingerprint density at radius 1 is 1.29 bits per heavy atom. The van der Waals surface area contributed by atoms with Gasteiger partial charge in [0, 0.05) is 11.9 Å². The minimum absolute atomic E-state index is 0.827. The summed E-state index contributed by atoms with van der Waals surface area (Å²) in [5.74, 6) is 1.67. The highest BCUT2D eigenvalue weighted by Crippen LogP contribution is 2.14. The van der Waals surface area contributed by atoms with Gasteiger partial charge in [-0.1, -0.05) is 12.2 Å². The van der Waals surface area contributed by atoms with Crippen LogP contribution in [-0.4, -0.2) is 12.9 Å². The molecule has 1 rings (SSSR count). The molecule has 0 atom stereocenters. The van der Waals surface area contributed by atoms with Crippen molar-refractivity contribution in [3.8, 4) is 5.75 Å². The fourth-order valence-corrected chi connectivity index (χ4v) is 1.19. The zero-order chi connectivity index (χ0) is 12.7. The molecule has 1 N–H and O–H groups in total. The molecule has 0 amide bonds. The Labute approximate surface area is 103 Å². The van der Waals surface area contributed by atoms with E-state index in [-0.39, 0.29) is 0 Å². The summed E-state index contributed by atoms with van der Waals surface area (Å²) >= 11 is 0. The number of nitrogens with zero attached hydrogens (tertiary/aromatic N) is 1. The molecule has 0 unspecified atom stereocenters. The van der Waals surface area contributed by atoms with Crippen LogP contribution in [0.2, 0.25) is 0 Å². The number of allylic oxidation sites excluding steroid dienone is 2. The van der Waals surface area contributed by atoms with Gasteiger partial charge in [0.25, 0.3) is 0 Å². The maximum absolute atomic E-state index is 5.09. The Morgan fingerprint density at radius 3 is 2.47 bits per heavy atom. The molecule has 90 valence electrons. The molecule has 0 fully saturated rings. The minimum atomic E-state index is 0.827. The number of rotatable bonds is 4. The van der Waals surface area contributed by atoms with Gasteiger partial charge in [-0.05, 0) is 44.2 Å². The molecule has 0 saturated carbocycles. The molecule has 0 heterocycles. The highest BCUT2D eigenvalue weighted by atomic mass is 16.5. The van der Waals surface area contributed by atoms with Crippen LogP contribution < -0.4 is 10.1 Å². The van der Waals surface area contributed by atoms with Crippen molar-refractivity contribution in [2.45, 2.75) is 13.8 Å². The average Bonchev–Trinajstić information content (AvgIpc) is 2.29. The Kier molecular flexibility index (Phi) is 5.01. The van der Waals surface area contributed by atoms with Gasteiger partial charge in [-0.2, -0.15) is 0 Å². The predicted octanol–water partition coefficient (Wildman–Crippen LogP) is 3.62. The fraction of sp³-hybridized carbons (Fsp3) is 0.214. The van der Waals surface area contributed by atoms with Crippen molar-refractivity contribution in [3.05, 3.63) is 48.7 Å². The first kappa shape index (κ1) is 13.0. The van der Waals surface area contributed by atoms with Crippen molar-refractivity contribution < 1.29 is 4.74 Å². The largest absolute Gasteiger partial charge is 0.497 e. The third-order valence-electron chi connectivity index (χ3n) is 2.04. The molecule has 0 radical (unpaired) electrons. The van der Waals surface area contributed by atoms with E-state index in [9.17, 15) is 0 Å². The van der Waals surface area contributed by atoms with Gasteiger partial charge in [-0.25, -0.2) is 4.99 Å². The molecule has 0 aromatic heterocycles. The first-order valence-corrected chi connectivity index (χ1v) is 5.39. The number of ether oxygens (including phenoxy) is 1. The molecular formula is C14H18N2O. The smallest absolute Gasteiger partial charge is 0.119 e. The summed E-state index contributed by atoms with van der Waals surface area (Å²) in [6.45, 7) is 7.60. The van der Waals surface area contributed by atoms with Crippen LogP contribution in [0, 0.1) is 0 Å². The second kappa shape index (κ2) is 6.53. The van der Waals surface area contributed by atoms with Crippen LogP contribution in [0.3, 0.4) is 0 Å². The lowest BCUT2D eigenvalue weighted by atomic mass is 10.3. The lowest BCUT2D eigenvalue weighted by molar-refractivity contribution is 0.415. The van der Waals surface area contributed by atoms with Gasteiger partial charge in [-0.15, -0.1) is 0 Å². The van der Waals surface area contributed by atoms with Gasteiger partial charge in [-0.3, -0.25) is 0 Å². The van der Waals surface area contributed by atoms with Crippen molar-refractivity contribution in [2.24, 2.45) is 4.99 Å². The van der Waals surface area contributed by atoms with E-state index in [2.05, 4.69) is 16.9 Å². The molecule has 3 heteroatoms. The third-order valence-corrected chi connectivity index (χ3v) is 2.04. The van der Waals surface area contributed by atoms with Gasteiger partial charge in [0.15, 0.2) is 0 Å². The molecule has 0 aliphatic rings. The minimum Gasteiger partial charge on any atom is -0.497 e. The molecule has 1 aromatic carbocycles. The first-order valence-electron chi connectivity index (χ1n) is 5.39. The topological polar surface area (TPSA) is 33.6 Å². The summed E-state index contributed by atoms with van der Waals surface area (Å²) in [5, 5.41) is 3.18. The van der Waals surface area contributed by atoms with E-state index in [1.807, 2.05) is 44.2 Å². The maximum Gasteiger partial charge on any atom is 0.119 e. The van der Waals surface area contributed by atoms with Crippen LogP contribution in [0.15, 0.2) is 53.7 Å². The summed E-state index contributed by atoms with van der Waals surface area (Å²) in [6, 6.07) is 7.69. The Hall–Kier alpha value is -2.03. The average molecular weight is 230 g/mol. The van der Waals surface area contributed by atoms with Crippen LogP contribution in [0.5, 0.6) is 5.75 Å². The standard InChI is InChI=1S/C14H18N2O/c1-11(2)9-10-15-12(3)16-13-5-7-14(17-4)8-6-13/h5-10H,1H2,2-4H3,(H,15,16)/b10-9-. The van der Waals surface area contributed by atoms with E-state index in [1.54, 1.807) is 13.3 Å². The summed E-state index contributed by atoms with van der Waals surface area (Å²) < 4.78 is 5.09. The number of methoxy groups -OCH3 is 1. The van der Waals surface area contributed by atoms with Crippen LogP contribution >= 0.6 is 0 Å². The van der Waals surface area contributed by atoms with E-state index >= 15 is 0 Å². The van der Waals surface area contributed by atoms with Crippen molar-refractivity contribution >= 4 is 11.5 Å². The zero-order valence-electron chi connectivity index (χ0n) is 10.5. The number of hydrogen-bond donors (Lipinski definition) is 1. The summed E-state index contributed by atoms with van der Waals surface area (Å²) in [6.07, 6.45) is 3.59. The Morgan fingerprint density at radius 2 is 1.94 bits per heavy atom. The van der Waals surface area contributed by atoms with Gasteiger partial charge >= 0.3 is 0 Å². The summed E-state index contributed by atoms with van der Waals surface area (Å²) in [5.41, 5.74) is 1.96. The van der Waals surface area contributed by atoms with Crippen LogP contribution in [0.4, 0.5) is 5.69 Å². The number of anilines is 1. The fourth-order valence-electron chi connectivity index (χ4n) is 1.19. The van der Waals surface area contributed by atoms with Crippen molar-refractivity contribution in [1.29, 1.82) is 0 Å². The monoisotopic (exact) mass is 230 g/mol. The molecule has 0 aliphatic heterocycles. The highest BCUT2D eigenvalue weighted by Gasteiger charge is 1.94. The van der Waals surface area contributed by atoms with E-state index in [0.29, 0.717) is 0 Å². The molecule has 0 saturated heterocycles. The SMILES string of the molecule is C=C(C)/C=C\N=C(C)Nc1ccc(OC)cc1. The predicted molar refractivity (Wildman–Crippen MR) is 73.7 cm³/mol. The Balaban J connectivity index is 2.60. The number of hydrogen-bond acceptors (Lipinski definition) is 2. The highest BCUT2D eigenvalue weighted by molar-refractivity contribution is 5.93. The number of aliphatic imine (C=N–C) groups is 1. The van der Waals surface area contributed by atoms with Gasteiger partial charge in [0.05, 0.1) is 7.11 Å². The molecule has 0 aliphatic carbocycles. The lowest BCUT2D eigenvalue weighted by Gasteiger charge is -2.05. The van der Waals surface area contributed by atoms with E-state index in [4.69, 9.17) is 4.74 Å². The summed E-state index contributed by atoms with van der Waals surface area (Å²) in [4.78, 5) is 4.24. The number of nitrogens with one attached hydrogen (secondary N) is 1. The van der Waals surface area contributed by atoms with Crippen LogP contribution in [0.25, 0.3) is 0 Å². The lowest BCUT2D eigenvalue weighted by Crippen LogP contribution is -2.06. The molecular weight excluding hydrogens is 212 g/mol. The third kappa shape index (κ3) is 5.02. The normalized spacial score (nSPS) is 11.6. The molecule has 17 heavy (non-hydrogen) atoms. The van der Waals surface area contributed by atoms with Crippen molar-refractivity contribution in [1.82, 2.24) is 0 Å². The number of benzene rings is 1. The zero-order valence-corrected chi connectivity index (χ0v) is 10.5. The maximum atomic E-state index is 5.09. The summed E-state index contributed by atoms with van der Waals surface area (Å²) in [7, 11) is 1.65. The van der Waals surface area contributed by atoms with E-state index in [1.165, 1.54) is 0 Å². The van der Waals surface area contributed by atoms with Crippen molar-refractivity contribution in [3.63, 3.8) is 0 Å². The number of amidine groups is 1. The van der Waals surface area contributed by atoms with Crippen LogP contribution in [-0.2, 0) is 0 Å². The van der Waals surface area contributed by atoms with E-state index < -0.39 is 0 Å². The quantitative estimate of drug-likeness (QED) is 0.487. The molecule has 0 spiro atoms. The first-order chi connectivity index (χ1) is 8.11. The van der Waals surface area contributed by atoms with Crippen molar-refractivity contribution in [2.75, 3.05) is 12.4 Å². The van der Waals surface area contributed by atoms with Gasteiger partial charge < -0.3 is 10.1 Å². The van der Waals surface area contributed by atoms with Crippen LogP contribution in [0.1, 0.15) is 13.8 Å². The second-order valence-electron chi connectivity index (χ2n) is 3.73. The van der Waals surface area contributed by atoms with E-state index in [0.717, 1.165) is 22.8 Å². The molecule has 3 nitrogen and oxygen atoms in total. The molecule has 1 aromatic rings. The Bertz CT molecular complexity index is 430. The second-order valence-corrected chi connectivity index (χ2v) is 3.73. The molecule has 0 bridgehead atoms. The van der Waals surface area contributed by atoms with Gasteiger partial charge in [0.1, 0.15) is 11.6 Å².